The molecule has 92 valence electrons. The molecular weight excluding hydrogens is 198 g/mol. The molecule has 1 aromatic heterocycles. The molecule has 0 bridgehead atoms. The molecule has 1 heterocycles. The van der Waals surface area contributed by atoms with E-state index in [0.717, 1.165) is 18.8 Å². The number of nitrogens with one attached hydrogen (secondary N) is 1. The Morgan fingerprint density at radius 3 is 2.56 bits per heavy atom. The number of aryl methyl sites for hydroxylation is 1. The van der Waals surface area contributed by atoms with Crippen molar-refractivity contribution in [3.05, 3.63) is 23.7 Å². The predicted molar refractivity (Wildman–Crippen MR) is 68.5 cm³/mol. The van der Waals surface area contributed by atoms with Crippen molar-refractivity contribution in [1.29, 1.82) is 0 Å². The van der Waals surface area contributed by atoms with Crippen molar-refractivity contribution >= 4 is 0 Å². The van der Waals surface area contributed by atoms with E-state index in [1.54, 1.807) is 6.26 Å². The first-order valence-corrected chi connectivity index (χ1v) is 6.23. The monoisotopic (exact) mass is 223 g/mol. The maximum Gasteiger partial charge on any atom is 0.120 e. The van der Waals surface area contributed by atoms with Gasteiger partial charge in [0.1, 0.15) is 5.76 Å². The summed E-state index contributed by atoms with van der Waals surface area (Å²) in [6.07, 6.45) is 5.60. The lowest BCUT2D eigenvalue weighted by Crippen LogP contribution is -2.15. The van der Waals surface area contributed by atoms with E-state index in [-0.39, 0.29) is 0 Å². The average molecular weight is 223 g/mol. The van der Waals surface area contributed by atoms with Crippen LogP contribution in [0.5, 0.6) is 0 Å². The fourth-order valence-corrected chi connectivity index (χ4v) is 1.69. The molecule has 0 saturated heterocycles. The van der Waals surface area contributed by atoms with E-state index in [1.807, 2.05) is 6.07 Å². The van der Waals surface area contributed by atoms with E-state index >= 15 is 0 Å². The summed E-state index contributed by atoms with van der Waals surface area (Å²) in [4.78, 5) is 0. The molecule has 0 aliphatic rings. The minimum atomic E-state index is 0.470. The first kappa shape index (κ1) is 13.3. The molecule has 2 nitrogen and oxygen atoms in total. The molecule has 0 atom stereocenters. The summed E-state index contributed by atoms with van der Waals surface area (Å²) in [6.45, 7) is 10.9. The van der Waals surface area contributed by atoms with Crippen LogP contribution in [0.3, 0.4) is 0 Å². The van der Waals surface area contributed by atoms with Gasteiger partial charge in [0.05, 0.1) is 12.8 Å². The maximum atomic E-state index is 5.36. The molecule has 0 unspecified atom stereocenters. The normalized spacial score (nSPS) is 12.0. The van der Waals surface area contributed by atoms with Crippen LogP contribution in [0.2, 0.25) is 0 Å². The van der Waals surface area contributed by atoms with Crippen LogP contribution in [-0.2, 0) is 6.54 Å². The molecule has 0 aromatic carbocycles. The summed E-state index contributed by atoms with van der Waals surface area (Å²) in [7, 11) is 0. The largest absolute Gasteiger partial charge is 0.468 e. The van der Waals surface area contributed by atoms with Gasteiger partial charge in [0, 0.05) is 0 Å². The molecule has 0 aliphatic carbocycles. The van der Waals surface area contributed by atoms with Crippen molar-refractivity contribution in [2.45, 2.75) is 53.5 Å². The Hall–Kier alpha value is -0.760. The third kappa shape index (κ3) is 5.36. The van der Waals surface area contributed by atoms with Crippen molar-refractivity contribution in [2.24, 2.45) is 5.41 Å². The van der Waals surface area contributed by atoms with Gasteiger partial charge in [0.25, 0.3) is 0 Å². The van der Waals surface area contributed by atoms with Gasteiger partial charge in [-0.3, -0.25) is 0 Å². The number of hydrogen-bond acceptors (Lipinski definition) is 2. The summed E-state index contributed by atoms with van der Waals surface area (Å²) in [5.41, 5.74) is 1.71. The number of rotatable bonds is 6. The zero-order chi connectivity index (χ0) is 12.0. The highest BCUT2D eigenvalue weighted by Gasteiger charge is 2.08. The van der Waals surface area contributed by atoms with Gasteiger partial charge in [-0.15, -0.1) is 0 Å². The first-order valence-electron chi connectivity index (χ1n) is 6.23. The summed E-state index contributed by atoms with van der Waals surface area (Å²) < 4.78 is 5.36. The second-order valence-electron chi connectivity index (χ2n) is 5.72. The number of furan rings is 1. The lowest BCUT2D eigenvalue weighted by atomic mass is 9.90. The van der Waals surface area contributed by atoms with E-state index in [0.29, 0.717) is 5.41 Å². The summed E-state index contributed by atoms with van der Waals surface area (Å²) in [5, 5.41) is 3.42. The third-order valence-electron chi connectivity index (χ3n) is 2.78. The molecule has 0 aliphatic heterocycles. The summed E-state index contributed by atoms with van der Waals surface area (Å²) in [5.74, 6) is 1.07. The summed E-state index contributed by atoms with van der Waals surface area (Å²) >= 11 is 0. The summed E-state index contributed by atoms with van der Waals surface area (Å²) in [6, 6.07) is 2.01. The van der Waals surface area contributed by atoms with E-state index in [4.69, 9.17) is 4.42 Å². The van der Waals surface area contributed by atoms with Gasteiger partial charge in [-0.05, 0) is 43.4 Å². The molecule has 2 heteroatoms. The van der Waals surface area contributed by atoms with Crippen molar-refractivity contribution in [3.63, 3.8) is 0 Å². The molecule has 0 amide bonds. The van der Waals surface area contributed by atoms with Crippen LogP contribution >= 0.6 is 0 Å². The standard InChI is InChI=1S/C14H25NO/c1-12-7-10-16-13(12)11-15-9-6-5-8-14(2,3)4/h7,10,15H,5-6,8-9,11H2,1-4H3. The molecule has 0 fully saturated rings. The van der Waals surface area contributed by atoms with Gasteiger partial charge in [0.2, 0.25) is 0 Å². The van der Waals surface area contributed by atoms with Crippen LogP contribution in [0.15, 0.2) is 16.7 Å². The zero-order valence-electron chi connectivity index (χ0n) is 11.1. The SMILES string of the molecule is Cc1ccoc1CNCCCCC(C)(C)C. The first-order chi connectivity index (χ1) is 7.49. The van der Waals surface area contributed by atoms with E-state index in [2.05, 4.69) is 33.0 Å². The van der Waals surface area contributed by atoms with Gasteiger partial charge in [-0.25, -0.2) is 0 Å². The van der Waals surface area contributed by atoms with Crippen LogP contribution in [0.25, 0.3) is 0 Å². The molecule has 0 saturated carbocycles. The molecule has 1 aromatic rings. The van der Waals surface area contributed by atoms with Crippen molar-refractivity contribution in [3.8, 4) is 0 Å². The predicted octanol–water partition coefficient (Wildman–Crippen LogP) is 3.89. The van der Waals surface area contributed by atoms with Crippen molar-refractivity contribution < 1.29 is 4.42 Å². The van der Waals surface area contributed by atoms with Crippen LogP contribution in [-0.4, -0.2) is 6.54 Å². The van der Waals surface area contributed by atoms with Crippen LogP contribution in [0.1, 0.15) is 51.4 Å². The molecular formula is C14H25NO. The third-order valence-corrected chi connectivity index (χ3v) is 2.78. The average Bonchev–Trinajstić information content (AvgIpc) is 2.56. The van der Waals surface area contributed by atoms with E-state index < -0.39 is 0 Å². The Kier molecular flexibility index (Phi) is 5.07. The fraction of sp³-hybridized carbons (Fsp3) is 0.714. The highest BCUT2D eigenvalue weighted by Crippen LogP contribution is 2.21. The van der Waals surface area contributed by atoms with Gasteiger partial charge >= 0.3 is 0 Å². The lowest BCUT2D eigenvalue weighted by molar-refractivity contribution is 0.357. The molecule has 1 rings (SSSR count). The molecule has 0 spiro atoms. The van der Waals surface area contributed by atoms with Crippen molar-refractivity contribution in [2.75, 3.05) is 6.54 Å². The molecule has 1 N–H and O–H groups in total. The Morgan fingerprint density at radius 1 is 1.25 bits per heavy atom. The van der Waals surface area contributed by atoms with Gasteiger partial charge < -0.3 is 9.73 Å². The van der Waals surface area contributed by atoms with E-state index in [1.165, 1.54) is 24.8 Å². The quantitative estimate of drug-likeness (QED) is 0.740. The minimum absolute atomic E-state index is 0.470. The lowest BCUT2D eigenvalue weighted by Gasteiger charge is -2.17. The Morgan fingerprint density at radius 2 is 2.00 bits per heavy atom. The molecule has 16 heavy (non-hydrogen) atoms. The van der Waals surface area contributed by atoms with Crippen LogP contribution < -0.4 is 5.32 Å². The smallest absolute Gasteiger partial charge is 0.120 e. The zero-order valence-corrected chi connectivity index (χ0v) is 11.1. The number of unbranched alkanes of at least 4 members (excludes halogenated alkanes) is 1. The van der Waals surface area contributed by atoms with Crippen LogP contribution in [0.4, 0.5) is 0 Å². The van der Waals surface area contributed by atoms with Crippen molar-refractivity contribution in [1.82, 2.24) is 5.32 Å². The maximum absolute atomic E-state index is 5.36. The topological polar surface area (TPSA) is 25.2 Å². The van der Waals surface area contributed by atoms with Crippen LogP contribution in [0, 0.1) is 12.3 Å². The van der Waals surface area contributed by atoms with Gasteiger partial charge in [-0.2, -0.15) is 0 Å². The highest BCUT2D eigenvalue weighted by atomic mass is 16.3. The highest BCUT2D eigenvalue weighted by molar-refractivity contribution is 5.13. The second-order valence-corrected chi connectivity index (χ2v) is 5.72. The minimum Gasteiger partial charge on any atom is -0.468 e. The van der Waals surface area contributed by atoms with Gasteiger partial charge in [0.15, 0.2) is 0 Å². The molecule has 0 radical (unpaired) electrons. The Bertz CT molecular complexity index is 296. The van der Waals surface area contributed by atoms with Gasteiger partial charge in [-0.1, -0.05) is 27.2 Å². The Balaban J connectivity index is 2.03. The Labute approximate surface area is 99.4 Å². The number of hydrogen-bond donors (Lipinski definition) is 1. The fourth-order valence-electron chi connectivity index (χ4n) is 1.69. The van der Waals surface area contributed by atoms with E-state index in [9.17, 15) is 0 Å². The second kappa shape index (κ2) is 6.09.